The Bertz CT molecular complexity index is 352. The number of rotatable bonds is 18. The molecule has 0 aromatic heterocycles. The first-order chi connectivity index (χ1) is 13.1. The van der Waals surface area contributed by atoms with Crippen LogP contribution in [-0.4, -0.2) is 25.2 Å². The molecular weight excluding hydrogens is 340 g/mol. The van der Waals surface area contributed by atoms with Gasteiger partial charge < -0.3 is 9.47 Å². The van der Waals surface area contributed by atoms with Crippen LogP contribution in [-0.2, 0) is 19.1 Å². The number of hydrogen-bond donors (Lipinski definition) is 0. The fraction of sp³-hybridized carbons (Fsp3) is 0.913. The number of ether oxygens (including phenoxy) is 2. The summed E-state index contributed by atoms with van der Waals surface area (Å²) in [5.41, 5.74) is 0. The lowest BCUT2D eigenvalue weighted by Crippen LogP contribution is -2.22. The summed E-state index contributed by atoms with van der Waals surface area (Å²) in [7, 11) is 0. The van der Waals surface area contributed by atoms with E-state index < -0.39 is 11.9 Å². The molecule has 0 radical (unpaired) electrons. The van der Waals surface area contributed by atoms with E-state index in [0.29, 0.717) is 6.61 Å². The Morgan fingerprint density at radius 3 is 1.37 bits per heavy atom. The Morgan fingerprint density at radius 1 is 0.593 bits per heavy atom. The van der Waals surface area contributed by atoms with Gasteiger partial charge in [0.2, 0.25) is 0 Å². The number of unbranched alkanes of at least 4 members (excludes halogenated alkanes) is 14. The van der Waals surface area contributed by atoms with E-state index >= 15 is 0 Å². The van der Waals surface area contributed by atoms with Crippen LogP contribution in [0.5, 0.6) is 0 Å². The molecule has 160 valence electrons. The first-order valence-electron chi connectivity index (χ1n) is 11.4. The maximum Gasteiger partial charge on any atom is 0.417 e. The van der Waals surface area contributed by atoms with Crippen LogP contribution in [0.4, 0.5) is 0 Å². The van der Waals surface area contributed by atoms with Crippen LogP contribution < -0.4 is 0 Å². The normalized spacial score (nSPS) is 11.0. The standard InChI is InChI=1S/C23H44O4/c1-4-5-6-7-8-9-10-11-12-13-14-15-16-17-18-19-26-22(24)23(25)27-20-21(2)3/h21H,4-20H2,1-3H3. The van der Waals surface area contributed by atoms with Crippen LogP contribution in [0.3, 0.4) is 0 Å². The molecule has 0 spiro atoms. The van der Waals surface area contributed by atoms with E-state index in [0.717, 1.165) is 12.8 Å². The molecule has 0 saturated heterocycles. The zero-order chi connectivity index (χ0) is 20.2. The van der Waals surface area contributed by atoms with E-state index in [4.69, 9.17) is 9.47 Å². The maximum absolute atomic E-state index is 11.4. The van der Waals surface area contributed by atoms with Crippen molar-refractivity contribution in [1.29, 1.82) is 0 Å². The van der Waals surface area contributed by atoms with Crippen LogP contribution in [0.2, 0.25) is 0 Å². The lowest BCUT2D eigenvalue weighted by atomic mass is 10.0. The molecule has 0 aromatic carbocycles. The van der Waals surface area contributed by atoms with Crippen molar-refractivity contribution >= 4 is 11.9 Å². The molecule has 0 aromatic rings. The van der Waals surface area contributed by atoms with Gasteiger partial charge in [-0.15, -0.1) is 0 Å². The third kappa shape index (κ3) is 19.5. The minimum absolute atomic E-state index is 0.220. The number of esters is 2. The predicted molar refractivity (Wildman–Crippen MR) is 112 cm³/mol. The Kier molecular flexibility index (Phi) is 18.9. The molecule has 0 fully saturated rings. The molecule has 0 amide bonds. The van der Waals surface area contributed by atoms with Gasteiger partial charge in [0.25, 0.3) is 0 Å². The number of carbonyl (C=O) groups excluding carboxylic acids is 2. The van der Waals surface area contributed by atoms with Gasteiger partial charge in [-0.1, -0.05) is 111 Å². The molecule has 4 heteroatoms. The largest absolute Gasteiger partial charge is 0.457 e. The second kappa shape index (κ2) is 19.7. The zero-order valence-corrected chi connectivity index (χ0v) is 18.2. The highest BCUT2D eigenvalue weighted by atomic mass is 16.6. The Hall–Kier alpha value is -1.06. The van der Waals surface area contributed by atoms with E-state index in [2.05, 4.69) is 6.92 Å². The van der Waals surface area contributed by atoms with Crippen molar-refractivity contribution in [2.45, 2.75) is 117 Å². The van der Waals surface area contributed by atoms with Gasteiger partial charge in [0, 0.05) is 0 Å². The molecule has 0 bridgehead atoms. The van der Waals surface area contributed by atoms with Crippen molar-refractivity contribution < 1.29 is 19.1 Å². The lowest BCUT2D eigenvalue weighted by Gasteiger charge is -2.07. The Morgan fingerprint density at radius 2 is 0.963 bits per heavy atom. The molecule has 0 aliphatic heterocycles. The molecule has 0 aliphatic carbocycles. The van der Waals surface area contributed by atoms with E-state index in [9.17, 15) is 9.59 Å². The van der Waals surface area contributed by atoms with Crippen LogP contribution in [0.15, 0.2) is 0 Å². The first-order valence-corrected chi connectivity index (χ1v) is 11.4. The highest BCUT2D eigenvalue weighted by Crippen LogP contribution is 2.13. The van der Waals surface area contributed by atoms with Crippen LogP contribution in [0.25, 0.3) is 0 Å². The van der Waals surface area contributed by atoms with Gasteiger partial charge in [0.1, 0.15) is 0 Å². The van der Waals surface area contributed by atoms with Crippen molar-refractivity contribution in [3.63, 3.8) is 0 Å². The van der Waals surface area contributed by atoms with Gasteiger partial charge in [0.05, 0.1) is 13.2 Å². The second-order valence-electron chi connectivity index (χ2n) is 8.08. The van der Waals surface area contributed by atoms with Crippen molar-refractivity contribution in [1.82, 2.24) is 0 Å². The topological polar surface area (TPSA) is 52.6 Å². The summed E-state index contributed by atoms with van der Waals surface area (Å²) in [6.45, 7) is 6.69. The number of hydrogen-bond acceptors (Lipinski definition) is 4. The predicted octanol–water partition coefficient (Wildman–Crippen LogP) is 6.60. The maximum atomic E-state index is 11.4. The van der Waals surface area contributed by atoms with Crippen molar-refractivity contribution in [3.8, 4) is 0 Å². The highest BCUT2D eigenvalue weighted by molar-refractivity contribution is 6.29. The van der Waals surface area contributed by atoms with Gasteiger partial charge in [-0.25, -0.2) is 9.59 Å². The minimum atomic E-state index is -0.871. The Labute approximate surface area is 167 Å². The fourth-order valence-electron chi connectivity index (χ4n) is 3.00. The quantitative estimate of drug-likeness (QED) is 0.152. The summed E-state index contributed by atoms with van der Waals surface area (Å²) in [5.74, 6) is -1.51. The molecule has 0 N–H and O–H groups in total. The van der Waals surface area contributed by atoms with Crippen molar-refractivity contribution in [2.24, 2.45) is 5.92 Å². The smallest absolute Gasteiger partial charge is 0.417 e. The van der Waals surface area contributed by atoms with Gasteiger partial charge in [-0.3, -0.25) is 0 Å². The average molecular weight is 385 g/mol. The average Bonchev–Trinajstić information content (AvgIpc) is 2.65. The molecule has 0 rings (SSSR count). The lowest BCUT2D eigenvalue weighted by molar-refractivity contribution is -0.168. The number of carbonyl (C=O) groups is 2. The summed E-state index contributed by atoms with van der Waals surface area (Å²) in [6.07, 6.45) is 19.5. The summed E-state index contributed by atoms with van der Waals surface area (Å²) < 4.78 is 9.77. The minimum Gasteiger partial charge on any atom is -0.457 e. The zero-order valence-electron chi connectivity index (χ0n) is 18.2. The van der Waals surface area contributed by atoms with Crippen LogP contribution >= 0.6 is 0 Å². The highest BCUT2D eigenvalue weighted by Gasteiger charge is 2.17. The fourth-order valence-corrected chi connectivity index (χ4v) is 3.00. The van der Waals surface area contributed by atoms with E-state index in [1.807, 2.05) is 13.8 Å². The van der Waals surface area contributed by atoms with E-state index in [1.165, 1.54) is 83.5 Å². The summed E-state index contributed by atoms with van der Waals surface area (Å²) in [5, 5.41) is 0. The molecular formula is C23H44O4. The molecule has 0 heterocycles. The molecule has 27 heavy (non-hydrogen) atoms. The molecule has 0 atom stereocenters. The molecule has 4 nitrogen and oxygen atoms in total. The van der Waals surface area contributed by atoms with Crippen LogP contribution in [0.1, 0.15) is 117 Å². The SMILES string of the molecule is CCCCCCCCCCCCCCCCCOC(=O)C(=O)OCC(C)C. The third-order valence-electron chi connectivity index (χ3n) is 4.70. The summed E-state index contributed by atoms with van der Waals surface area (Å²) in [4.78, 5) is 22.7. The second-order valence-corrected chi connectivity index (χ2v) is 8.08. The van der Waals surface area contributed by atoms with Gasteiger partial charge >= 0.3 is 11.9 Å². The first kappa shape index (κ1) is 25.9. The van der Waals surface area contributed by atoms with Crippen molar-refractivity contribution in [3.05, 3.63) is 0 Å². The molecule has 0 aliphatic rings. The van der Waals surface area contributed by atoms with Gasteiger partial charge in [-0.05, 0) is 12.3 Å². The Balaban J connectivity index is 3.22. The van der Waals surface area contributed by atoms with Gasteiger partial charge in [0.15, 0.2) is 0 Å². The summed E-state index contributed by atoms with van der Waals surface area (Å²) >= 11 is 0. The summed E-state index contributed by atoms with van der Waals surface area (Å²) in [6, 6.07) is 0. The van der Waals surface area contributed by atoms with Crippen molar-refractivity contribution in [2.75, 3.05) is 13.2 Å². The van der Waals surface area contributed by atoms with E-state index in [-0.39, 0.29) is 12.5 Å². The third-order valence-corrected chi connectivity index (χ3v) is 4.70. The monoisotopic (exact) mass is 384 g/mol. The van der Waals surface area contributed by atoms with Gasteiger partial charge in [-0.2, -0.15) is 0 Å². The molecule has 0 saturated carbocycles. The van der Waals surface area contributed by atoms with Crippen LogP contribution in [0, 0.1) is 5.92 Å². The molecule has 0 unspecified atom stereocenters. The van der Waals surface area contributed by atoms with E-state index in [1.54, 1.807) is 0 Å².